The summed E-state index contributed by atoms with van der Waals surface area (Å²) in [5, 5.41) is 4.67. The second-order valence-electron chi connectivity index (χ2n) is 7.90. The molecule has 2 aliphatic rings. The monoisotopic (exact) mass is 403 g/mol. The smallest absolute Gasteiger partial charge is 0.227 e. The molecule has 0 radical (unpaired) electrons. The second-order valence-corrected chi connectivity index (χ2v) is 7.90. The number of rotatable bonds is 5. The van der Waals surface area contributed by atoms with E-state index in [4.69, 9.17) is 9.47 Å². The second kappa shape index (κ2) is 7.52. The van der Waals surface area contributed by atoms with E-state index < -0.39 is 0 Å². The lowest BCUT2D eigenvalue weighted by Gasteiger charge is -2.35. The van der Waals surface area contributed by atoms with Gasteiger partial charge in [-0.1, -0.05) is 18.2 Å². The van der Waals surface area contributed by atoms with Crippen LogP contribution in [0.5, 0.6) is 11.5 Å². The van der Waals surface area contributed by atoms with Crippen LogP contribution in [0.25, 0.3) is 5.69 Å². The minimum absolute atomic E-state index is 0.105. The number of methoxy groups -OCH3 is 2. The number of ether oxygens (including phenoxy) is 2. The molecule has 0 N–H and O–H groups in total. The van der Waals surface area contributed by atoms with Gasteiger partial charge in [-0.15, -0.1) is 0 Å². The molecule has 2 atom stereocenters. The Morgan fingerprint density at radius 3 is 2.63 bits per heavy atom. The maximum Gasteiger partial charge on any atom is 0.227 e. The fourth-order valence-electron chi connectivity index (χ4n) is 4.91. The van der Waals surface area contributed by atoms with Crippen molar-refractivity contribution in [3.63, 3.8) is 0 Å². The van der Waals surface area contributed by atoms with Gasteiger partial charge in [-0.2, -0.15) is 5.10 Å². The summed E-state index contributed by atoms with van der Waals surface area (Å²) < 4.78 is 12.7. The number of benzene rings is 2. The molecule has 0 aliphatic carbocycles. The Morgan fingerprint density at radius 1 is 1.07 bits per heavy atom. The number of amides is 1. The van der Waals surface area contributed by atoms with E-state index in [1.165, 1.54) is 11.3 Å². The van der Waals surface area contributed by atoms with Gasteiger partial charge in [0.2, 0.25) is 5.91 Å². The summed E-state index contributed by atoms with van der Waals surface area (Å²) in [5.74, 6) is 1.76. The van der Waals surface area contributed by atoms with Gasteiger partial charge in [-0.25, -0.2) is 4.68 Å². The molecular formula is C24H25N3O3. The van der Waals surface area contributed by atoms with E-state index >= 15 is 0 Å². The number of carbonyl (C=O) groups is 1. The van der Waals surface area contributed by atoms with Crippen molar-refractivity contribution in [2.45, 2.75) is 37.8 Å². The number of hydrogen-bond acceptors (Lipinski definition) is 4. The molecule has 154 valence electrons. The molecule has 1 saturated heterocycles. The molecular weight excluding hydrogens is 378 g/mol. The van der Waals surface area contributed by atoms with Crippen LogP contribution in [0.15, 0.2) is 54.7 Å². The lowest BCUT2D eigenvalue weighted by atomic mass is 9.98. The van der Waals surface area contributed by atoms with Gasteiger partial charge < -0.3 is 14.4 Å². The largest absolute Gasteiger partial charge is 0.497 e. The summed E-state index contributed by atoms with van der Waals surface area (Å²) in [4.78, 5) is 15.4. The molecule has 5 rings (SSSR count). The molecule has 1 amide bonds. The van der Waals surface area contributed by atoms with Crippen molar-refractivity contribution in [2.75, 3.05) is 14.2 Å². The van der Waals surface area contributed by atoms with Crippen LogP contribution >= 0.6 is 0 Å². The van der Waals surface area contributed by atoms with Gasteiger partial charge in [-0.05, 0) is 43.2 Å². The van der Waals surface area contributed by atoms with E-state index in [0.29, 0.717) is 6.42 Å². The highest BCUT2D eigenvalue weighted by Gasteiger charge is 2.44. The van der Waals surface area contributed by atoms with Crippen molar-refractivity contribution >= 4 is 5.91 Å². The molecule has 6 nitrogen and oxygen atoms in total. The first kappa shape index (κ1) is 18.7. The fourth-order valence-corrected chi connectivity index (χ4v) is 4.91. The van der Waals surface area contributed by atoms with Crippen molar-refractivity contribution in [3.8, 4) is 17.2 Å². The fraction of sp³-hybridized carbons (Fsp3) is 0.333. The van der Waals surface area contributed by atoms with Crippen LogP contribution < -0.4 is 9.47 Å². The van der Waals surface area contributed by atoms with E-state index in [1.807, 2.05) is 59.4 Å². The van der Waals surface area contributed by atoms with Gasteiger partial charge in [0.05, 0.1) is 44.3 Å². The first-order chi connectivity index (χ1) is 14.7. The topological polar surface area (TPSA) is 56.6 Å². The SMILES string of the molecule is COc1ccc(-n2ncc3c2C[C@H]2CC[C@H]3N2C(=O)Cc2ccccc2OC)cc1. The number of nitrogens with zero attached hydrogens (tertiary/aromatic N) is 3. The first-order valence-electron chi connectivity index (χ1n) is 10.3. The molecule has 2 aliphatic heterocycles. The third-order valence-electron chi connectivity index (χ3n) is 6.33. The molecule has 1 aromatic heterocycles. The molecule has 3 heterocycles. The Labute approximate surface area is 176 Å². The Hall–Kier alpha value is -3.28. The minimum Gasteiger partial charge on any atom is -0.497 e. The Balaban J connectivity index is 1.42. The lowest BCUT2D eigenvalue weighted by molar-refractivity contribution is -0.134. The van der Waals surface area contributed by atoms with Gasteiger partial charge in [-0.3, -0.25) is 4.79 Å². The summed E-state index contributed by atoms with van der Waals surface area (Å²) in [6.45, 7) is 0. The molecule has 0 saturated carbocycles. The van der Waals surface area contributed by atoms with E-state index in [2.05, 4.69) is 10.00 Å². The predicted octanol–water partition coefficient (Wildman–Crippen LogP) is 3.72. The molecule has 30 heavy (non-hydrogen) atoms. The zero-order valence-electron chi connectivity index (χ0n) is 17.2. The van der Waals surface area contributed by atoms with Crippen LogP contribution in [0.4, 0.5) is 0 Å². The lowest BCUT2D eigenvalue weighted by Crippen LogP contribution is -2.42. The van der Waals surface area contributed by atoms with Crippen LogP contribution in [0.1, 0.15) is 35.7 Å². The summed E-state index contributed by atoms with van der Waals surface area (Å²) in [6.07, 6.45) is 5.15. The van der Waals surface area contributed by atoms with Gasteiger partial charge in [0, 0.05) is 23.6 Å². The van der Waals surface area contributed by atoms with Crippen LogP contribution in [-0.2, 0) is 17.6 Å². The highest BCUT2D eigenvalue weighted by atomic mass is 16.5. The molecule has 2 bridgehead atoms. The molecule has 0 spiro atoms. The summed E-state index contributed by atoms with van der Waals surface area (Å²) >= 11 is 0. The molecule has 6 heteroatoms. The minimum atomic E-state index is 0.105. The molecule has 3 aromatic rings. The molecule has 0 unspecified atom stereocenters. The van der Waals surface area contributed by atoms with Gasteiger partial charge in [0.25, 0.3) is 0 Å². The molecule has 1 fully saturated rings. The average Bonchev–Trinajstić information content (AvgIpc) is 3.35. The number of fused-ring (bicyclic) bond motifs is 4. The van der Waals surface area contributed by atoms with Crippen LogP contribution in [0.2, 0.25) is 0 Å². The van der Waals surface area contributed by atoms with Crippen LogP contribution in [0, 0.1) is 0 Å². The Morgan fingerprint density at radius 2 is 1.87 bits per heavy atom. The maximum absolute atomic E-state index is 13.3. The summed E-state index contributed by atoms with van der Waals surface area (Å²) in [5.41, 5.74) is 4.34. The van der Waals surface area contributed by atoms with E-state index in [9.17, 15) is 4.79 Å². The van der Waals surface area contributed by atoms with E-state index in [-0.39, 0.29) is 18.0 Å². The summed E-state index contributed by atoms with van der Waals surface area (Å²) in [7, 11) is 3.31. The zero-order chi connectivity index (χ0) is 20.7. The van der Waals surface area contributed by atoms with Gasteiger partial charge in [0.1, 0.15) is 11.5 Å². The van der Waals surface area contributed by atoms with Crippen molar-refractivity contribution < 1.29 is 14.3 Å². The normalized spacial score (nSPS) is 19.5. The van der Waals surface area contributed by atoms with Crippen molar-refractivity contribution in [2.24, 2.45) is 0 Å². The summed E-state index contributed by atoms with van der Waals surface area (Å²) in [6, 6.07) is 16.0. The third kappa shape index (κ3) is 3.03. The van der Waals surface area contributed by atoms with Gasteiger partial charge >= 0.3 is 0 Å². The predicted molar refractivity (Wildman–Crippen MR) is 113 cm³/mol. The number of carbonyl (C=O) groups excluding carboxylic acids is 1. The number of hydrogen-bond donors (Lipinski definition) is 0. The van der Waals surface area contributed by atoms with Crippen molar-refractivity contribution in [3.05, 3.63) is 71.5 Å². The Kier molecular flexibility index (Phi) is 4.69. The quantitative estimate of drug-likeness (QED) is 0.652. The van der Waals surface area contributed by atoms with Crippen molar-refractivity contribution in [1.82, 2.24) is 14.7 Å². The van der Waals surface area contributed by atoms with Crippen LogP contribution in [-0.4, -0.2) is 40.8 Å². The van der Waals surface area contributed by atoms with E-state index in [0.717, 1.165) is 42.0 Å². The standard InChI is InChI=1S/C24H25N3O3/c1-29-19-10-7-17(8-11-19)27-22-14-18-9-12-21(20(22)15-25-27)26(18)24(28)13-16-5-3-4-6-23(16)30-2/h3-8,10-11,15,18,21H,9,12-14H2,1-2H3/t18-,21-/m1/s1. The zero-order valence-corrected chi connectivity index (χ0v) is 17.2. The average molecular weight is 403 g/mol. The molecule has 2 aromatic carbocycles. The van der Waals surface area contributed by atoms with Gasteiger partial charge in [0.15, 0.2) is 0 Å². The highest BCUT2D eigenvalue weighted by Crippen LogP contribution is 2.44. The number of para-hydroxylation sites is 1. The highest BCUT2D eigenvalue weighted by molar-refractivity contribution is 5.81. The van der Waals surface area contributed by atoms with Crippen molar-refractivity contribution in [1.29, 1.82) is 0 Å². The number of aromatic nitrogens is 2. The first-order valence-corrected chi connectivity index (χ1v) is 10.3. The Bertz CT molecular complexity index is 1070. The third-order valence-corrected chi connectivity index (χ3v) is 6.33. The van der Waals surface area contributed by atoms with Crippen LogP contribution in [0.3, 0.4) is 0 Å². The van der Waals surface area contributed by atoms with E-state index in [1.54, 1.807) is 14.2 Å². The maximum atomic E-state index is 13.3.